The highest BCUT2D eigenvalue weighted by Crippen LogP contribution is 2.44. The summed E-state index contributed by atoms with van der Waals surface area (Å²) in [5.41, 5.74) is 8.54. The van der Waals surface area contributed by atoms with E-state index in [2.05, 4.69) is 143 Å². The van der Waals surface area contributed by atoms with Gasteiger partial charge < -0.3 is 4.57 Å². The van der Waals surface area contributed by atoms with Gasteiger partial charge in [-0.1, -0.05) is 133 Å². The van der Waals surface area contributed by atoms with Crippen LogP contribution in [-0.2, 0) is 0 Å². The lowest BCUT2D eigenvalue weighted by molar-refractivity contribution is 1.07. The first-order valence-electron chi connectivity index (χ1n) is 18.5. The van der Waals surface area contributed by atoms with Crippen molar-refractivity contribution in [2.75, 3.05) is 0 Å². The Balaban J connectivity index is 1.16. The standard InChI is InChI=1S/C50H31N5/c1-3-11-34(12-4-1)48-52-49(35-21-19-32(20-22-35)33-27-29-51-30-28-33)54-50(53-48)36-23-24-41-43(31-36)39-16-8-7-15-38(39)40-25-26-45-47(46(40)41)42-17-9-10-18-44(42)55(45)37-13-5-2-6-14-37/h1-31H. The van der Waals surface area contributed by atoms with Crippen molar-refractivity contribution in [3.8, 4) is 51.0 Å². The van der Waals surface area contributed by atoms with Gasteiger partial charge in [0, 0.05) is 50.9 Å². The third-order valence-electron chi connectivity index (χ3n) is 10.7. The highest BCUT2D eigenvalue weighted by atomic mass is 15.0. The van der Waals surface area contributed by atoms with Crippen LogP contribution >= 0.6 is 0 Å². The summed E-state index contributed by atoms with van der Waals surface area (Å²) in [6.45, 7) is 0. The van der Waals surface area contributed by atoms with Crippen LogP contribution in [0.5, 0.6) is 0 Å². The molecule has 0 N–H and O–H groups in total. The summed E-state index contributed by atoms with van der Waals surface area (Å²) >= 11 is 0. The van der Waals surface area contributed by atoms with Crippen molar-refractivity contribution in [1.82, 2.24) is 24.5 Å². The van der Waals surface area contributed by atoms with Crippen LogP contribution in [0.1, 0.15) is 0 Å². The Bertz CT molecular complexity index is 3230. The van der Waals surface area contributed by atoms with Gasteiger partial charge in [0.05, 0.1) is 11.0 Å². The normalized spacial score (nSPS) is 11.6. The Morgan fingerprint density at radius 3 is 1.55 bits per heavy atom. The van der Waals surface area contributed by atoms with Gasteiger partial charge in [-0.3, -0.25) is 4.98 Å². The molecule has 55 heavy (non-hydrogen) atoms. The van der Waals surface area contributed by atoms with E-state index in [1.54, 1.807) is 0 Å². The average molecular weight is 702 g/mol. The Hall–Kier alpha value is -7.50. The SMILES string of the molecule is c1ccc(-c2nc(-c3ccc(-c4ccncc4)cc3)nc(-c3ccc4c(c3)c3ccccc3c3ccc5c(c6ccccc6n5-c5ccccc5)c34)n2)cc1. The predicted molar refractivity (Wildman–Crippen MR) is 226 cm³/mol. The van der Waals surface area contributed by atoms with Gasteiger partial charge in [-0.15, -0.1) is 0 Å². The number of fused-ring (bicyclic) bond motifs is 10. The highest BCUT2D eigenvalue weighted by molar-refractivity contribution is 6.35. The fourth-order valence-electron chi connectivity index (χ4n) is 8.20. The summed E-state index contributed by atoms with van der Waals surface area (Å²) < 4.78 is 2.39. The molecule has 3 aromatic heterocycles. The molecule has 0 spiro atoms. The molecular weight excluding hydrogens is 671 g/mol. The summed E-state index contributed by atoms with van der Waals surface area (Å²) in [7, 11) is 0. The molecule has 0 saturated carbocycles. The van der Waals surface area contributed by atoms with Gasteiger partial charge in [-0.25, -0.2) is 15.0 Å². The molecule has 5 nitrogen and oxygen atoms in total. The highest BCUT2D eigenvalue weighted by Gasteiger charge is 2.20. The van der Waals surface area contributed by atoms with Gasteiger partial charge in [0.25, 0.3) is 0 Å². The van der Waals surface area contributed by atoms with E-state index in [1.165, 1.54) is 48.7 Å². The molecule has 0 aliphatic rings. The van der Waals surface area contributed by atoms with Crippen LogP contribution in [0.2, 0.25) is 0 Å². The molecule has 0 radical (unpaired) electrons. The van der Waals surface area contributed by atoms with Gasteiger partial charge in [0.1, 0.15) is 0 Å². The number of nitrogens with zero attached hydrogens (tertiary/aromatic N) is 5. The molecule has 0 atom stereocenters. The largest absolute Gasteiger partial charge is 0.309 e. The van der Waals surface area contributed by atoms with Crippen molar-refractivity contribution in [1.29, 1.82) is 0 Å². The molecule has 0 unspecified atom stereocenters. The monoisotopic (exact) mass is 701 g/mol. The maximum atomic E-state index is 5.14. The third kappa shape index (κ3) is 5.09. The minimum atomic E-state index is 0.629. The fraction of sp³-hybridized carbons (Fsp3) is 0. The Kier molecular flexibility index (Phi) is 7.10. The zero-order valence-electron chi connectivity index (χ0n) is 29.6. The second kappa shape index (κ2) is 12.6. The lowest BCUT2D eigenvalue weighted by atomic mass is 9.91. The lowest BCUT2D eigenvalue weighted by Crippen LogP contribution is -2.00. The van der Waals surface area contributed by atoms with E-state index in [-0.39, 0.29) is 0 Å². The van der Waals surface area contributed by atoms with Crippen LogP contribution in [0.15, 0.2) is 188 Å². The molecular formula is C50H31N5. The van der Waals surface area contributed by atoms with Gasteiger partial charge in [0.15, 0.2) is 17.5 Å². The van der Waals surface area contributed by atoms with Crippen LogP contribution < -0.4 is 0 Å². The molecule has 0 bridgehead atoms. The molecule has 256 valence electrons. The lowest BCUT2D eigenvalue weighted by Gasteiger charge is -2.14. The predicted octanol–water partition coefficient (Wildman–Crippen LogP) is 12.5. The van der Waals surface area contributed by atoms with Crippen molar-refractivity contribution < 1.29 is 0 Å². The third-order valence-corrected chi connectivity index (χ3v) is 10.7. The summed E-state index contributed by atoms with van der Waals surface area (Å²) in [6.07, 6.45) is 3.63. The van der Waals surface area contributed by atoms with Crippen LogP contribution in [0, 0.1) is 0 Å². The number of pyridine rings is 1. The molecule has 0 fully saturated rings. The second-order valence-electron chi connectivity index (χ2n) is 13.9. The maximum absolute atomic E-state index is 5.14. The number of rotatable bonds is 5. The Labute approximate surface area is 316 Å². The number of benzene rings is 8. The van der Waals surface area contributed by atoms with Crippen molar-refractivity contribution in [2.45, 2.75) is 0 Å². The number of hydrogen-bond donors (Lipinski definition) is 0. The second-order valence-corrected chi connectivity index (χ2v) is 13.9. The van der Waals surface area contributed by atoms with Gasteiger partial charge >= 0.3 is 0 Å². The zero-order chi connectivity index (χ0) is 36.3. The minimum absolute atomic E-state index is 0.629. The molecule has 5 heteroatoms. The molecule has 0 amide bonds. The first-order valence-corrected chi connectivity index (χ1v) is 18.5. The van der Waals surface area contributed by atoms with E-state index in [0.29, 0.717) is 17.5 Å². The first-order chi connectivity index (χ1) is 27.3. The molecule has 11 rings (SSSR count). The van der Waals surface area contributed by atoms with Crippen molar-refractivity contribution in [3.05, 3.63) is 188 Å². The zero-order valence-corrected chi connectivity index (χ0v) is 29.6. The minimum Gasteiger partial charge on any atom is -0.309 e. The Morgan fingerprint density at radius 1 is 0.309 bits per heavy atom. The van der Waals surface area contributed by atoms with Gasteiger partial charge in [-0.05, 0) is 80.5 Å². The Morgan fingerprint density at radius 2 is 0.818 bits per heavy atom. The molecule has 11 aromatic rings. The van der Waals surface area contributed by atoms with E-state index in [9.17, 15) is 0 Å². The van der Waals surface area contributed by atoms with Crippen molar-refractivity contribution in [2.24, 2.45) is 0 Å². The molecule has 3 heterocycles. The van der Waals surface area contributed by atoms with E-state index in [1.807, 2.05) is 54.9 Å². The first kappa shape index (κ1) is 31.1. The van der Waals surface area contributed by atoms with Crippen molar-refractivity contribution >= 4 is 54.1 Å². The van der Waals surface area contributed by atoms with E-state index >= 15 is 0 Å². The van der Waals surface area contributed by atoms with Crippen LogP contribution in [0.4, 0.5) is 0 Å². The quantitative estimate of drug-likeness (QED) is 0.168. The number of para-hydroxylation sites is 2. The molecule has 8 aromatic carbocycles. The van der Waals surface area contributed by atoms with E-state index in [0.717, 1.165) is 38.9 Å². The van der Waals surface area contributed by atoms with E-state index < -0.39 is 0 Å². The maximum Gasteiger partial charge on any atom is 0.164 e. The van der Waals surface area contributed by atoms with Crippen molar-refractivity contribution in [3.63, 3.8) is 0 Å². The number of aromatic nitrogens is 5. The number of hydrogen-bond acceptors (Lipinski definition) is 4. The smallest absolute Gasteiger partial charge is 0.164 e. The van der Waals surface area contributed by atoms with Crippen LogP contribution in [0.3, 0.4) is 0 Å². The van der Waals surface area contributed by atoms with Gasteiger partial charge in [-0.2, -0.15) is 0 Å². The molecule has 0 saturated heterocycles. The van der Waals surface area contributed by atoms with E-state index in [4.69, 9.17) is 15.0 Å². The summed E-state index contributed by atoms with van der Waals surface area (Å²) in [5.74, 6) is 1.90. The summed E-state index contributed by atoms with van der Waals surface area (Å²) in [6, 6.07) is 62.0. The van der Waals surface area contributed by atoms with Crippen LogP contribution in [-0.4, -0.2) is 24.5 Å². The fourth-order valence-corrected chi connectivity index (χ4v) is 8.20. The van der Waals surface area contributed by atoms with Crippen LogP contribution in [0.25, 0.3) is 105 Å². The summed E-state index contributed by atoms with van der Waals surface area (Å²) in [5, 5.41) is 9.75. The topological polar surface area (TPSA) is 56.5 Å². The molecule has 0 aliphatic carbocycles. The average Bonchev–Trinajstić information content (AvgIpc) is 3.61. The summed E-state index contributed by atoms with van der Waals surface area (Å²) in [4.78, 5) is 19.4. The van der Waals surface area contributed by atoms with Gasteiger partial charge in [0.2, 0.25) is 0 Å². The molecule has 0 aliphatic heterocycles.